The second-order valence-corrected chi connectivity index (χ2v) is 6.67. The molecule has 0 aromatic carbocycles. The maximum Gasteiger partial charge on any atom is 0.229 e. The number of piperidine rings is 1. The number of carbonyl (C=O) groups excluding carboxylic acids is 1. The molecule has 2 aliphatic heterocycles. The van der Waals surface area contributed by atoms with Gasteiger partial charge in [0.15, 0.2) is 0 Å². The molecule has 6 nitrogen and oxygen atoms in total. The first-order chi connectivity index (χ1) is 11.0. The average Bonchev–Trinajstić information content (AvgIpc) is 2.56. The molecule has 2 fully saturated rings. The molecule has 23 heavy (non-hydrogen) atoms. The number of rotatable bonds is 2. The number of hydrogen-bond acceptors (Lipinski definition) is 5. The van der Waals surface area contributed by atoms with E-state index in [9.17, 15) is 9.90 Å². The van der Waals surface area contributed by atoms with E-state index < -0.39 is 6.10 Å². The fourth-order valence-electron chi connectivity index (χ4n) is 3.44. The summed E-state index contributed by atoms with van der Waals surface area (Å²) in [5.41, 5.74) is 1.01. The molecule has 0 saturated carbocycles. The lowest BCUT2D eigenvalue weighted by Crippen LogP contribution is -2.55. The summed E-state index contributed by atoms with van der Waals surface area (Å²) in [4.78, 5) is 23.5. The lowest BCUT2D eigenvalue weighted by Gasteiger charge is -2.40. The highest BCUT2D eigenvalue weighted by Gasteiger charge is 2.35. The van der Waals surface area contributed by atoms with Crippen molar-refractivity contribution in [2.24, 2.45) is 5.92 Å². The predicted molar refractivity (Wildman–Crippen MR) is 89.4 cm³/mol. The van der Waals surface area contributed by atoms with E-state index >= 15 is 0 Å². The van der Waals surface area contributed by atoms with Crippen molar-refractivity contribution in [3.8, 4) is 0 Å². The lowest BCUT2D eigenvalue weighted by molar-refractivity contribution is -0.142. The summed E-state index contributed by atoms with van der Waals surface area (Å²) in [5, 5.41) is 10.2. The van der Waals surface area contributed by atoms with Crippen molar-refractivity contribution in [1.82, 2.24) is 14.8 Å². The van der Waals surface area contributed by atoms with Crippen LogP contribution in [0.5, 0.6) is 0 Å². The molecule has 1 N–H and O–H groups in total. The molecule has 1 amide bonds. The van der Waals surface area contributed by atoms with Gasteiger partial charge in [-0.3, -0.25) is 4.79 Å². The normalized spacial score (nSPS) is 26.4. The highest BCUT2D eigenvalue weighted by molar-refractivity contribution is 5.80. The zero-order chi connectivity index (χ0) is 16.4. The maximum absolute atomic E-state index is 12.7. The quantitative estimate of drug-likeness (QED) is 0.853. The van der Waals surface area contributed by atoms with E-state index in [0.717, 1.165) is 31.1 Å². The van der Waals surface area contributed by atoms with E-state index in [0.29, 0.717) is 26.1 Å². The number of amides is 1. The fraction of sp³-hybridized carbons (Fsp3) is 0.647. The summed E-state index contributed by atoms with van der Waals surface area (Å²) in [6.45, 7) is 6.48. The molecule has 0 radical (unpaired) electrons. The molecule has 126 valence electrons. The van der Waals surface area contributed by atoms with Crippen LogP contribution in [0.2, 0.25) is 0 Å². The van der Waals surface area contributed by atoms with Crippen LogP contribution in [0.1, 0.15) is 12.1 Å². The molecule has 2 aliphatic rings. The largest absolute Gasteiger partial charge is 0.392 e. The number of aliphatic hydroxyl groups is 1. The number of anilines is 1. The molecule has 0 unspecified atom stereocenters. The van der Waals surface area contributed by atoms with Crippen molar-refractivity contribution in [3.05, 3.63) is 23.9 Å². The SMILES string of the molecule is Cc1cccc(N2CCN(C(=O)[C@@H]3CN(C)CC[C@@H]3O)CC2)n1. The summed E-state index contributed by atoms with van der Waals surface area (Å²) >= 11 is 0. The average molecular weight is 318 g/mol. The molecule has 0 spiro atoms. The number of carbonyl (C=O) groups is 1. The topological polar surface area (TPSA) is 59.9 Å². The second kappa shape index (κ2) is 6.84. The van der Waals surface area contributed by atoms with Crippen LogP contribution < -0.4 is 4.90 Å². The molecule has 2 atom stereocenters. The first kappa shape index (κ1) is 16.2. The molecule has 1 aromatic heterocycles. The molecule has 3 heterocycles. The van der Waals surface area contributed by atoms with Gasteiger partial charge in [0.2, 0.25) is 5.91 Å². The van der Waals surface area contributed by atoms with Gasteiger partial charge in [0, 0.05) is 45.0 Å². The lowest BCUT2D eigenvalue weighted by atomic mass is 9.93. The van der Waals surface area contributed by atoms with Crippen LogP contribution in [0.25, 0.3) is 0 Å². The van der Waals surface area contributed by atoms with Gasteiger partial charge in [-0.1, -0.05) is 6.07 Å². The Bertz CT molecular complexity index is 557. The molecular weight excluding hydrogens is 292 g/mol. The Balaban J connectivity index is 1.59. The van der Waals surface area contributed by atoms with Gasteiger partial charge in [-0.2, -0.15) is 0 Å². The fourth-order valence-corrected chi connectivity index (χ4v) is 3.44. The van der Waals surface area contributed by atoms with E-state index in [4.69, 9.17) is 0 Å². The summed E-state index contributed by atoms with van der Waals surface area (Å²) in [6.07, 6.45) is 0.176. The van der Waals surface area contributed by atoms with Gasteiger partial charge in [-0.15, -0.1) is 0 Å². The standard InChI is InChI=1S/C17H26N4O2/c1-13-4-3-5-16(18-13)20-8-10-21(11-9-20)17(23)14-12-19(2)7-6-15(14)22/h3-5,14-15,22H,6-12H2,1-2H3/t14-,15+/m1/s1. The first-order valence-corrected chi connectivity index (χ1v) is 8.38. The Kier molecular flexibility index (Phi) is 4.82. The maximum atomic E-state index is 12.7. The number of likely N-dealkylation sites (tertiary alicyclic amines) is 1. The summed E-state index contributed by atoms with van der Waals surface area (Å²) < 4.78 is 0. The van der Waals surface area contributed by atoms with Gasteiger partial charge in [-0.25, -0.2) is 4.98 Å². The van der Waals surface area contributed by atoms with Gasteiger partial charge in [0.1, 0.15) is 5.82 Å². The zero-order valence-corrected chi connectivity index (χ0v) is 14.0. The molecule has 2 saturated heterocycles. The third-order valence-electron chi connectivity index (χ3n) is 4.89. The Hall–Kier alpha value is -1.66. The van der Waals surface area contributed by atoms with E-state index in [1.807, 2.05) is 37.1 Å². The van der Waals surface area contributed by atoms with E-state index in [2.05, 4.69) is 14.8 Å². The predicted octanol–water partition coefficient (Wildman–Crippen LogP) is 0.351. The monoisotopic (exact) mass is 318 g/mol. The van der Waals surface area contributed by atoms with Crippen LogP contribution in [-0.2, 0) is 4.79 Å². The third kappa shape index (κ3) is 3.64. The van der Waals surface area contributed by atoms with Crippen LogP contribution in [-0.4, -0.2) is 78.2 Å². The van der Waals surface area contributed by atoms with E-state index in [-0.39, 0.29) is 11.8 Å². The summed E-state index contributed by atoms with van der Waals surface area (Å²) in [7, 11) is 2.01. The Morgan fingerprint density at radius 3 is 2.65 bits per heavy atom. The Morgan fingerprint density at radius 2 is 1.96 bits per heavy atom. The van der Waals surface area contributed by atoms with Crippen LogP contribution in [0.3, 0.4) is 0 Å². The number of piperazine rings is 1. The minimum absolute atomic E-state index is 0.0981. The zero-order valence-electron chi connectivity index (χ0n) is 14.0. The highest BCUT2D eigenvalue weighted by Crippen LogP contribution is 2.21. The van der Waals surface area contributed by atoms with Crippen LogP contribution in [0.15, 0.2) is 18.2 Å². The molecular formula is C17H26N4O2. The van der Waals surface area contributed by atoms with Gasteiger partial charge in [0.25, 0.3) is 0 Å². The first-order valence-electron chi connectivity index (χ1n) is 8.38. The van der Waals surface area contributed by atoms with Crippen molar-refractivity contribution in [1.29, 1.82) is 0 Å². The van der Waals surface area contributed by atoms with Crippen LogP contribution in [0.4, 0.5) is 5.82 Å². The number of aryl methyl sites for hydroxylation is 1. The van der Waals surface area contributed by atoms with Crippen molar-refractivity contribution in [2.75, 3.05) is 51.2 Å². The second-order valence-electron chi connectivity index (χ2n) is 6.67. The van der Waals surface area contributed by atoms with Gasteiger partial charge >= 0.3 is 0 Å². The van der Waals surface area contributed by atoms with Crippen LogP contribution in [0, 0.1) is 12.8 Å². The number of aromatic nitrogens is 1. The third-order valence-corrected chi connectivity index (χ3v) is 4.89. The number of hydrogen-bond donors (Lipinski definition) is 1. The van der Waals surface area contributed by atoms with E-state index in [1.165, 1.54) is 0 Å². The van der Waals surface area contributed by atoms with E-state index in [1.54, 1.807) is 0 Å². The Labute approximate surface area is 137 Å². The van der Waals surface area contributed by atoms with Crippen molar-refractivity contribution < 1.29 is 9.90 Å². The van der Waals surface area contributed by atoms with Crippen LogP contribution >= 0.6 is 0 Å². The molecule has 0 aliphatic carbocycles. The smallest absolute Gasteiger partial charge is 0.229 e. The number of pyridine rings is 1. The Morgan fingerprint density at radius 1 is 1.22 bits per heavy atom. The molecule has 1 aromatic rings. The minimum Gasteiger partial charge on any atom is -0.392 e. The number of aliphatic hydroxyl groups excluding tert-OH is 1. The minimum atomic E-state index is -0.504. The summed E-state index contributed by atoms with van der Waals surface area (Å²) in [6, 6.07) is 6.03. The molecule has 3 rings (SSSR count). The molecule has 0 bridgehead atoms. The van der Waals surface area contributed by atoms with Gasteiger partial charge in [0.05, 0.1) is 12.0 Å². The van der Waals surface area contributed by atoms with Crippen molar-refractivity contribution in [3.63, 3.8) is 0 Å². The van der Waals surface area contributed by atoms with Crippen molar-refractivity contribution in [2.45, 2.75) is 19.4 Å². The highest BCUT2D eigenvalue weighted by atomic mass is 16.3. The van der Waals surface area contributed by atoms with Gasteiger partial charge < -0.3 is 19.8 Å². The summed E-state index contributed by atoms with van der Waals surface area (Å²) in [5.74, 6) is 0.799. The number of nitrogens with zero attached hydrogens (tertiary/aromatic N) is 4. The van der Waals surface area contributed by atoms with Gasteiger partial charge in [-0.05, 0) is 32.5 Å². The van der Waals surface area contributed by atoms with Crippen molar-refractivity contribution >= 4 is 11.7 Å². The molecule has 6 heteroatoms.